The van der Waals surface area contributed by atoms with Gasteiger partial charge in [-0.25, -0.2) is 9.97 Å². The van der Waals surface area contributed by atoms with E-state index in [0.717, 1.165) is 17.9 Å². The van der Waals surface area contributed by atoms with Crippen molar-refractivity contribution in [2.45, 2.75) is 25.9 Å². The summed E-state index contributed by atoms with van der Waals surface area (Å²) in [6, 6.07) is 14.3. The number of nitrogens with zero attached hydrogens (tertiary/aromatic N) is 4. The summed E-state index contributed by atoms with van der Waals surface area (Å²) < 4.78 is 0. The SMILES string of the molecule is CC(CCO)N(Cc1ccccc1)c1ccc2nccnc2n1. The van der Waals surface area contributed by atoms with Crippen LogP contribution in [0.3, 0.4) is 0 Å². The average Bonchev–Trinajstić information content (AvgIpc) is 2.60. The third kappa shape index (κ3) is 3.63. The van der Waals surface area contributed by atoms with Crippen LogP contribution in [-0.4, -0.2) is 32.7 Å². The van der Waals surface area contributed by atoms with Gasteiger partial charge in [0.1, 0.15) is 11.3 Å². The van der Waals surface area contributed by atoms with Crippen LogP contribution in [0.1, 0.15) is 18.9 Å². The lowest BCUT2D eigenvalue weighted by molar-refractivity contribution is 0.275. The molecule has 0 bridgehead atoms. The molecule has 0 aliphatic heterocycles. The minimum Gasteiger partial charge on any atom is -0.396 e. The van der Waals surface area contributed by atoms with Crippen LogP contribution in [0.15, 0.2) is 54.9 Å². The fourth-order valence-electron chi connectivity index (χ4n) is 2.59. The summed E-state index contributed by atoms with van der Waals surface area (Å²) in [5.74, 6) is 0.850. The van der Waals surface area contributed by atoms with Crippen LogP contribution in [0.4, 0.5) is 5.82 Å². The molecule has 2 heterocycles. The van der Waals surface area contributed by atoms with E-state index in [9.17, 15) is 5.11 Å². The number of anilines is 1. The highest BCUT2D eigenvalue weighted by molar-refractivity contribution is 5.71. The fourth-order valence-corrected chi connectivity index (χ4v) is 2.59. The van der Waals surface area contributed by atoms with Gasteiger partial charge in [0.2, 0.25) is 0 Å². The van der Waals surface area contributed by atoms with E-state index in [1.165, 1.54) is 5.56 Å². The maximum Gasteiger partial charge on any atom is 0.180 e. The van der Waals surface area contributed by atoms with Gasteiger partial charge in [-0.3, -0.25) is 4.98 Å². The second-order valence-corrected chi connectivity index (χ2v) is 5.54. The van der Waals surface area contributed by atoms with E-state index >= 15 is 0 Å². The standard InChI is InChI=1S/C18H20N4O/c1-14(9-12-23)22(13-15-5-3-2-4-6-15)17-8-7-16-18(21-17)20-11-10-19-16/h2-8,10-11,14,23H,9,12-13H2,1H3. The van der Waals surface area contributed by atoms with Crippen LogP contribution < -0.4 is 4.90 Å². The predicted octanol–water partition coefficient (Wildman–Crippen LogP) is 2.80. The van der Waals surface area contributed by atoms with Gasteiger partial charge in [0, 0.05) is 31.6 Å². The molecule has 5 heteroatoms. The summed E-state index contributed by atoms with van der Waals surface area (Å²) in [6.45, 7) is 2.99. The summed E-state index contributed by atoms with van der Waals surface area (Å²) in [5.41, 5.74) is 2.63. The van der Waals surface area contributed by atoms with Crippen LogP contribution in [0.5, 0.6) is 0 Å². The highest BCUT2D eigenvalue weighted by Gasteiger charge is 2.16. The average molecular weight is 308 g/mol. The van der Waals surface area contributed by atoms with E-state index in [1.807, 2.05) is 30.3 Å². The van der Waals surface area contributed by atoms with Crippen molar-refractivity contribution in [2.24, 2.45) is 0 Å². The molecule has 2 aromatic heterocycles. The molecule has 0 amide bonds. The van der Waals surface area contributed by atoms with Crippen LogP contribution in [0.25, 0.3) is 11.2 Å². The quantitative estimate of drug-likeness (QED) is 0.758. The lowest BCUT2D eigenvalue weighted by Gasteiger charge is -2.30. The summed E-state index contributed by atoms with van der Waals surface area (Å²) in [5, 5.41) is 9.30. The molecule has 0 fully saturated rings. The Bertz CT molecular complexity index is 763. The van der Waals surface area contributed by atoms with E-state index in [2.05, 4.69) is 38.9 Å². The Morgan fingerprint density at radius 2 is 1.83 bits per heavy atom. The molecule has 0 spiro atoms. The van der Waals surface area contributed by atoms with Gasteiger partial charge in [0.15, 0.2) is 5.65 Å². The fraction of sp³-hybridized carbons (Fsp3) is 0.278. The van der Waals surface area contributed by atoms with Gasteiger partial charge in [-0.15, -0.1) is 0 Å². The maximum atomic E-state index is 9.30. The topological polar surface area (TPSA) is 62.1 Å². The summed E-state index contributed by atoms with van der Waals surface area (Å²) in [4.78, 5) is 15.4. The zero-order valence-corrected chi connectivity index (χ0v) is 13.1. The van der Waals surface area contributed by atoms with Crippen molar-refractivity contribution in [3.63, 3.8) is 0 Å². The number of aromatic nitrogens is 3. The van der Waals surface area contributed by atoms with Crippen LogP contribution in [0, 0.1) is 0 Å². The van der Waals surface area contributed by atoms with E-state index in [0.29, 0.717) is 12.1 Å². The van der Waals surface area contributed by atoms with Crippen molar-refractivity contribution < 1.29 is 5.11 Å². The number of aliphatic hydroxyl groups excluding tert-OH is 1. The molecule has 0 saturated heterocycles. The Balaban J connectivity index is 1.95. The van der Waals surface area contributed by atoms with Gasteiger partial charge >= 0.3 is 0 Å². The van der Waals surface area contributed by atoms with Crippen molar-refractivity contribution >= 4 is 17.0 Å². The number of hydrogen-bond donors (Lipinski definition) is 1. The molecule has 1 unspecified atom stereocenters. The number of rotatable bonds is 6. The Hall–Kier alpha value is -2.53. The highest BCUT2D eigenvalue weighted by atomic mass is 16.3. The lowest BCUT2D eigenvalue weighted by atomic mass is 10.1. The second kappa shape index (κ2) is 7.15. The molecule has 1 atom stereocenters. The normalized spacial score (nSPS) is 12.3. The highest BCUT2D eigenvalue weighted by Crippen LogP contribution is 2.21. The van der Waals surface area contributed by atoms with Gasteiger partial charge < -0.3 is 10.0 Å². The number of aliphatic hydroxyl groups is 1. The van der Waals surface area contributed by atoms with Gasteiger partial charge in [-0.1, -0.05) is 30.3 Å². The monoisotopic (exact) mass is 308 g/mol. The van der Waals surface area contributed by atoms with Gasteiger partial charge in [0.05, 0.1) is 0 Å². The zero-order chi connectivity index (χ0) is 16.1. The zero-order valence-electron chi connectivity index (χ0n) is 13.1. The van der Waals surface area contributed by atoms with Crippen molar-refractivity contribution in [1.82, 2.24) is 15.0 Å². The van der Waals surface area contributed by atoms with Crippen molar-refractivity contribution in [3.05, 3.63) is 60.4 Å². The Kier molecular flexibility index (Phi) is 4.78. The Morgan fingerprint density at radius 3 is 2.61 bits per heavy atom. The van der Waals surface area contributed by atoms with Crippen molar-refractivity contribution in [2.75, 3.05) is 11.5 Å². The molecule has 3 rings (SSSR count). The molecular formula is C18H20N4O. The summed E-state index contributed by atoms with van der Waals surface area (Å²) in [7, 11) is 0. The van der Waals surface area contributed by atoms with E-state index < -0.39 is 0 Å². The minimum absolute atomic E-state index is 0.153. The third-order valence-corrected chi connectivity index (χ3v) is 3.89. The second-order valence-electron chi connectivity index (χ2n) is 5.54. The molecule has 5 nitrogen and oxygen atoms in total. The number of benzene rings is 1. The molecule has 1 N–H and O–H groups in total. The molecule has 0 saturated carbocycles. The Morgan fingerprint density at radius 1 is 1.04 bits per heavy atom. The maximum absolute atomic E-state index is 9.30. The lowest BCUT2D eigenvalue weighted by Crippen LogP contribution is -2.34. The van der Waals surface area contributed by atoms with Gasteiger partial charge in [-0.2, -0.15) is 0 Å². The molecule has 23 heavy (non-hydrogen) atoms. The molecule has 1 aromatic carbocycles. The van der Waals surface area contributed by atoms with E-state index in [-0.39, 0.29) is 12.6 Å². The predicted molar refractivity (Wildman–Crippen MR) is 91.1 cm³/mol. The number of pyridine rings is 1. The Labute approximate surface area is 135 Å². The molecule has 3 aromatic rings. The van der Waals surface area contributed by atoms with Crippen LogP contribution >= 0.6 is 0 Å². The van der Waals surface area contributed by atoms with Crippen LogP contribution in [0.2, 0.25) is 0 Å². The van der Waals surface area contributed by atoms with Crippen molar-refractivity contribution in [1.29, 1.82) is 0 Å². The first-order chi connectivity index (χ1) is 11.3. The molecule has 0 aliphatic rings. The summed E-state index contributed by atoms with van der Waals surface area (Å²) in [6.07, 6.45) is 4.00. The molecule has 0 aliphatic carbocycles. The third-order valence-electron chi connectivity index (χ3n) is 3.89. The van der Waals surface area contributed by atoms with Gasteiger partial charge in [0.25, 0.3) is 0 Å². The largest absolute Gasteiger partial charge is 0.396 e. The van der Waals surface area contributed by atoms with E-state index in [1.54, 1.807) is 12.4 Å². The first kappa shape index (κ1) is 15.4. The number of hydrogen-bond acceptors (Lipinski definition) is 5. The first-order valence-corrected chi connectivity index (χ1v) is 7.77. The van der Waals surface area contributed by atoms with Crippen molar-refractivity contribution in [3.8, 4) is 0 Å². The molecule has 0 radical (unpaired) electrons. The van der Waals surface area contributed by atoms with Crippen LogP contribution in [-0.2, 0) is 6.54 Å². The first-order valence-electron chi connectivity index (χ1n) is 7.77. The smallest absolute Gasteiger partial charge is 0.180 e. The minimum atomic E-state index is 0.153. The van der Waals surface area contributed by atoms with Gasteiger partial charge in [-0.05, 0) is 31.0 Å². The summed E-state index contributed by atoms with van der Waals surface area (Å²) >= 11 is 0. The number of fused-ring (bicyclic) bond motifs is 1. The van der Waals surface area contributed by atoms with E-state index in [4.69, 9.17) is 0 Å². The molecular weight excluding hydrogens is 288 g/mol. The molecule has 118 valence electrons.